The smallest absolute Gasteiger partial charge is 0.0609 e. The lowest BCUT2D eigenvalue weighted by Crippen LogP contribution is -2.47. The number of aliphatic hydroxyl groups is 1. The maximum Gasteiger partial charge on any atom is 0.0609 e. The van der Waals surface area contributed by atoms with Crippen molar-refractivity contribution in [1.82, 2.24) is 4.90 Å². The summed E-state index contributed by atoms with van der Waals surface area (Å²) in [6.07, 6.45) is 7.60. The van der Waals surface area contributed by atoms with Gasteiger partial charge >= 0.3 is 0 Å². The van der Waals surface area contributed by atoms with Crippen LogP contribution in [0.1, 0.15) is 59.3 Å². The predicted octanol–water partition coefficient (Wildman–Crippen LogP) is 2.38. The highest BCUT2D eigenvalue weighted by Crippen LogP contribution is 2.24. The van der Waals surface area contributed by atoms with Gasteiger partial charge in [-0.2, -0.15) is 0 Å². The molecule has 0 aliphatic carbocycles. The number of nitrogens with two attached hydrogens (primary N) is 1. The van der Waals surface area contributed by atoms with Crippen molar-refractivity contribution in [2.24, 2.45) is 11.7 Å². The highest BCUT2D eigenvalue weighted by atomic mass is 16.3. The van der Waals surface area contributed by atoms with E-state index in [0.29, 0.717) is 6.04 Å². The third kappa shape index (κ3) is 5.25. The molecule has 0 radical (unpaired) electrons. The summed E-state index contributed by atoms with van der Waals surface area (Å²) in [7, 11) is 0. The summed E-state index contributed by atoms with van der Waals surface area (Å²) < 4.78 is 0. The normalized spacial score (nSPS) is 27.5. The van der Waals surface area contributed by atoms with E-state index in [1.807, 2.05) is 6.92 Å². The topological polar surface area (TPSA) is 49.5 Å². The van der Waals surface area contributed by atoms with Gasteiger partial charge in [0.15, 0.2) is 0 Å². The minimum atomic E-state index is -0.436. The maximum atomic E-state index is 9.27. The van der Waals surface area contributed by atoms with Gasteiger partial charge < -0.3 is 15.7 Å². The monoisotopic (exact) mass is 256 g/mol. The quantitative estimate of drug-likeness (QED) is 0.767. The largest absolute Gasteiger partial charge is 0.394 e. The molecule has 3 unspecified atom stereocenters. The molecule has 3 heteroatoms. The Morgan fingerprint density at radius 1 is 1.39 bits per heavy atom. The molecule has 0 aromatic heterocycles. The van der Waals surface area contributed by atoms with E-state index in [-0.39, 0.29) is 6.61 Å². The first-order chi connectivity index (χ1) is 8.48. The van der Waals surface area contributed by atoms with Crippen molar-refractivity contribution < 1.29 is 5.11 Å². The average Bonchev–Trinajstić information content (AvgIpc) is 2.55. The zero-order valence-corrected chi connectivity index (χ0v) is 12.5. The number of hydrogen-bond acceptors (Lipinski definition) is 3. The van der Waals surface area contributed by atoms with Crippen molar-refractivity contribution >= 4 is 0 Å². The Hall–Kier alpha value is -0.120. The van der Waals surface area contributed by atoms with Gasteiger partial charge in [0.25, 0.3) is 0 Å². The van der Waals surface area contributed by atoms with Gasteiger partial charge in [-0.1, -0.05) is 19.8 Å². The summed E-state index contributed by atoms with van der Waals surface area (Å²) in [6.45, 7) is 8.95. The van der Waals surface area contributed by atoms with E-state index in [4.69, 9.17) is 5.73 Å². The number of nitrogens with zero attached hydrogens (tertiary/aromatic N) is 1. The molecule has 0 aromatic rings. The van der Waals surface area contributed by atoms with E-state index in [2.05, 4.69) is 18.7 Å². The van der Waals surface area contributed by atoms with Crippen LogP contribution in [0.25, 0.3) is 0 Å². The molecule has 1 rings (SSSR count). The summed E-state index contributed by atoms with van der Waals surface area (Å²) in [5.74, 6) is 0.925. The molecule has 1 fully saturated rings. The summed E-state index contributed by atoms with van der Waals surface area (Å²) in [5.41, 5.74) is 5.63. The Labute approximate surface area is 113 Å². The Balaban J connectivity index is 2.42. The lowest BCUT2D eigenvalue weighted by atomic mass is 9.94. The van der Waals surface area contributed by atoms with Crippen molar-refractivity contribution in [3.8, 4) is 0 Å². The van der Waals surface area contributed by atoms with Crippen LogP contribution in [-0.4, -0.2) is 41.3 Å². The van der Waals surface area contributed by atoms with Crippen molar-refractivity contribution in [1.29, 1.82) is 0 Å². The van der Waals surface area contributed by atoms with Gasteiger partial charge in [-0.25, -0.2) is 0 Å². The van der Waals surface area contributed by atoms with Gasteiger partial charge in [-0.3, -0.25) is 0 Å². The molecule has 0 amide bonds. The number of likely N-dealkylation sites (tertiary alicyclic amines) is 1. The second-order valence-electron chi connectivity index (χ2n) is 6.49. The second kappa shape index (κ2) is 7.46. The van der Waals surface area contributed by atoms with Gasteiger partial charge in [0, 0.05) is 11.6 Å². The molecule has 0 bridgehead atoms. The highest BCUT2D eigenvalue weighted by molar-refractivity contribution is 4.84. The van der Waals surface area contributed by atoms with Gasteiger partial charge in [0.05, 0.1) is 6.61 Å². The second-order valence-corrected chi connectivity index (χ2v) is 6.49. The molecule has 1 heterocycles. The van der Waals surface area contributed by atoms with Gasteiger partial charge in [-0.05, 0) is 58.5 Å². The molecular weight excluding hydrogens is 224 g/mol. The van der Waals surface area contributed by atoms with Crippen LogP contribution in [0.5, 0.6) is 0 Å². The summed E-state index contributed by atoms with van der Waals surface area (Å²) in [4.78, 5) is 2.57. The minimum Gasteiger partial charge on any atom is -0.394 e. The highest BCUT2D eigenvalue weighted by Gasteiger charge is 2.26. The van der Waals surface area contributed by atoms with Gasteiger partial charge in [0.1, 0.15) is 0 Å². The van der Waals surface area contributed by atoms with Crippen LogP contribution < -0.4 is 5.73 Å². The Morgan fingerprint density at radius 3 is 2.72 bits per heavy atom. The van der Waals surface area contributed by atoms with E-state index in [0.717, 1.165) is 12.3 Å². The zero-order chi connectivity index (χ0) is 13.6. The standard InChI is InChI=1S/C15H32N2O/c1-4-6-14-7-5-9-17(10-8-14)13(2)11-15(3,16)12-18/h13-14,18H,4-12,16H2,1-3H3. The first kappa shape index (κ1) is 15.9. The maximum absolute atomic E-state index is 9.27. The first-order valence-corrected chi connectivity index (χ1v) is 7.62. The fourth-order valence-corrected chi connectivity index (χ4v) is 3.19. The van der Waals surface area contributed by atoms with Crippen LogP contribution >= 0.6 is 0 Å². The van der Waals surface area contributed by atoms with E-state index in [1.165, 1.54) is 45.2 Å². The number of aliphatic hydroxyl groups excluding tert-OH is 1. The van der Waals surface area contributed by atoms with Crippen LogP contribution in [-0.2, 0) is 0 Å². The summed E-state index contributed by atoms with van der Waals surface area (Å²) in [6, 6.07) is 0.479. The number of rotatable bonds is 6. The molecule has 1 saturated heterocycles. The molecule has 0 spiro atoms. The van der Waals surface area contributed by atoms with Crippen molar-refractivity contribution in [3.63, 3.8) is 0 Å². The molecule has 18 heavy (non-hydrogen) atoms. The van der Waals surface area contributed by atoms with Crippen LogP contribution in [0.4, 0.5) is 0 Å². The third-order valence-corrected chi connectivity index (χ3v) is 4.33. The van der Waals surface area contributed by atoms with Crippen LogP contribution in [0.15, 0.2) is 0 Å². The van der Waals surface area contributed by atoms with E-state index >= 15 is 0 Å². The molecule has 0 saturated carbocycles. The Morgan fingerprint density at radius 2 is 2.11 bits per heavy atom. The molecule has 0 aromatic carbocycles. The average molecular weight is 256 g/mol. The zero-order valence-electron chi connectivity index (χ0n) is 12.5. The molecular formula is C15H32N2O. The lowest BCUT2D eigenvalue weighted by Gasteiger charge is -2.33. The predicted molar refractivity (Wildman–Crippen MR) is 77.6 cm³/mol. The number of hydrogen-bond donors (Lipinski definition) is 2. The Kier molecular flexibility index (Phi) is 6.61. The fourth-order valence-electron chi connectivity index (χ4n) is 3.19. The van der Waals surface area contributed by atoms with Crippen LogP contribution in [0, 0.1) is 5.92 Å². The third-order valence-electron chi connectivity index (χ3n) is 4.33. The van der Waals surface area contributed by atoms with E-state index < -0.39 is 5.54 Å². The molecule has 1 aliphatic heterocycles. The van der Waals surface area contributed by atoms with Gasteiger partial charge in [0.2, 0.25) is 0 Å². The Bertz CT molecular complexity index is 231. The molecule has 3 nitrogen and oxygen atoms in total. The lowest BCUT2D eigenvalue weighted by molar-refractivity contribution is 0.138. The summed E-state index contributed by atoms with van der Waals surface area (Å²) >= 11 is 0. The van der Waals surface area contributed by atoms with E-state index in [9.17, 15) is 5.11 Å². The molecule has 108 valence electrons. The molecule has 3 atom stereocenters. The van der Waals surface area contributed by atoms with E-state index in [1.54, 1.807) is 0 Å². The minimum absolute atomic E-state index is 0.0731. The van der Waals surface area contributed by atoms with Crippen molar-refractivity contribution in [2.75, 3.05) is 19.7 Å². The van der Waals surface area contributed by atoms with Crippen molar-refractivity contribution in [2.45, 2.75) is 70.9 Å². The van der Waals surface area contributed by atoms with Crippen molar-refractivity contribution in [3.05, 3.63) is 0 Å². The summed E-state index contributed by atoms with van der Waals surface area (Å²) in [5, 5.41) is 9.27. The van der Waals surface area contributed by atoms with Crippen LogP contribution in [0.2, 0.25) is 0 Å². The molecule has 3 N–H and O–H groups in total. The first-order valence-electron chi connectivity index (χ1n) is 7.62. The fraction of sp³-hybridized carbons (Fsp3) is 1.00. The van der Waals surface area contributed by atoms with Gasteiger partial charge in [-0.15, -0.1) is 0 Å². The SMILES string of the molecule is CCCC1CCCN(C(C)CC(C)(N)CO)CC1. The van der Waals surface area contributed by atoms with Crippen LogP contribution in [0.3, 0.4) is 0 Å². The molecule has 1 aliphatic rings.